The molecule has 0 radical (unpaired) electrons. The van der Waals surface area contributed by atoms with E-state index in [0.29, 0.717) is 28.7 Å². The minimum Gasteiger partial charge on any atom is -0.508 e. The fraction of sp³-hybridized carbons (Fsp3) is 0.556. The van der Waals surface area contributed by atoms with Crippen molar-refractivity contribution in [1.82, 2.24) is 15.5 Å². The first kappa shape index (κ1) is 21.8. The van der Waals surface area contributed by atoms with Crippen molar-refractivity contribution in [3.63, 3.8) is 0 Å². The second kappa shape index (κ2) is 10.1. The van der Waals surface area contributed by atoms with Gasteiger partial charge in [-0.1, -0.05) is 23.2 Å². The summed E-state index contributed by atoms with van der Waals surface area (Å²) in [6.07, 6.45) is 0.762. The lowest BCUT2D eigenvalue weighted by atomic mass is 9.95. The summed E-state index contributed by atoms with van der Waals surface area (Å²) in [6.45, 7) is 3.22. The average Bonchev–Trinajstić information content (AvgIpc) is 2.96. The second-order valence-electron chi connectivity index (χ2n) is 6.72. The highest BCUT2D eigenvalue weighted by atomic mass is 35.5. The van der Waals surface area contributed by atoms with Crippen molar-refractivity contribution < 1.29 is 19.4 Å². The van der Waals surface area contributed by atoms with Crippen LogP contribution in [0.3, 0.4) is 0 Å². The Bertz CT molecular complexity index is 670. The zero-order chi connectivity index (χ0) is 20.0. The Labute approximate surface area is 169 Å². The van der Waals surface area contributed by atoms with Crippen LogP contribution in [0.15, 0.2) is 12.1 Å². The summed E-state index contributed by atoms with van der Waals surface area (Å²) >= 11 is 12.2. The first-order chi connectivity index (χ1) is 12.9. The molecule has 2 saturated heterocycles. The molecular formula is C18H25Cl2N3O4. The molecule has 0 aliphatic carbocycles. The van der Waals surface area contributed by atoms with Gasteiger partial charge >= 0.3 is 0 Å². The molecule has 0 saturated carbocycles. The number of likely N-dealkylation sites (N-methyl/N-ethyl adjacent to an activating group) is 1. The third-order valence-electron chi connectivity index (χ3n) is 4.96. The monoisotopic (exact) mass is 417 g/mol. The first-order valence-corrected chi connectivity index (χ1v) is 9.49. The van der Waals surface area contributed by atoms with E-state index in [9.17, 15) is 14.7 Å². The number of benzene rings is 1. The van der Waals surface area contributed by atoms with E-state index < -0.39 is 0 Å². The van der Waals surface area contributed by atoms with Gasteiger partial charge in [0.15, 0.2) is 0 Å². The highest BCUT2D eigenvalue weighted by molar-refractivity contribution is 6.42. The Balaban J connectivity index is 0.000000273. The van der Waals surface area contributed by atoms with Gasteiger partial charge in [-0.15, -0.1) is 0 Å². The van der Waals surface area contributed by atoms with Crippen molar-refractivity contribution in [3.05, 3.63) is 27.7 Å². The van der Waals surface area contributed by atoms with Crippen molar-refractivity contribution in [3.8, 4) is 5.75 Å². The fourth-order valence-electron chi connectivity index (χ4n) is 3.26. The molecule has 1 amide bonds. The molecule has 2 atom stereocenters. The summed E-state index contributed by atoms with van der Waals surface area (Å²) in [5.41, 5.74) is 0.676. The van der Waals surface area contributed by atoms with Gasteiger partial charge in [0.1, 0.15) is 12.4 Å². The van der Waals surface area contributed by atoms with Crippen molar-refractivity contribution in [1.29, 1.82) is 0 Å². The SMILES string of the molecule is CN1CC(c2c(O)ccc(Cl)c2Cl)CC1COC=O.CNC(=O)C1CNC1. The summed E-state index contributed by atoms with van der Waals surface area (Å²) in [5.74, 6) is 0.630. The minimum atomic E-state index is 0.0800. The van der Waals surface area contributed by atoms with Crippen LogP contribution in [0.4, 0.5) is 0 Å². The zero-order valence-electron chi connectivity index (χ0n) is 15.4. The van der Waals surface area contributed by atoms with Crippen molar-refractivity contribution in [2.75, 3.05) is 40.3 Å². The number of phenolic OH excluding ortho intramolecular Hbond substituents is 1. The molecule has 3 rings (SSSR count). The number of rotatable bonds is 5. The molecule has 3 N–H and O–H groups in total. The van der Waals surface area contributed by atoms with E-state index in [0.717, 1.165) is 26.1 Å². The fourth-order valence-corrected chi connectivity index (χ4v) is 3.74. The summed E-state index contributed by atoms with van der Waals surface area (Å²) in [7, 11) is 3.62. The zero-order valence-corrected chi connectivity index (χ0v) is 16.9. The van der Waals surface area contributed by atoms with Gasteiger partial charge < -0.3 is 20.5 Å². The molecule has 27 heavy (non-hydrogen) atoms. The summed E-state index contributed by atoms with van der Waals surface area (Å²) < 4.78 is 4.81. The van der Waals surface area contributed by atoms with E-state index in [1.807, 2.05) is 7.05 Å². The molecule has 0 bridgehead atoms. The average molecular weight is 418 g/mol. The lowest BCUT2D eigenvalue weighted by Gasteiger charge is -2.24. The second-order valence-corrected chi connectivity index (χ2v) is 7.50. The van der Waals surface area contributed by atoms with E-state index in [4.69, 9.17) is 27.9 Å². The van der Waals surface area contributed by atoms with Crippen molar-refractivity contribution >= 4 is 35.6 Å². The van der Waals surface area contributed by atoms with Crippen LogP contribution in [0.2, 0.25) is 10.0 Å². The molecule has 2 aliphatic heterocycles. The number of carbonyl (C=O) groups is 2. The number of ether oxygens (including phenoxy) is 1. The highest BCUT2D eigenvalue weighted by Gasteiger charge is 2.33. The summed E-state index contributed by atoms with van der Waals surface area (Å²) in [6, 6.07) is 3.26. The topological polar surface area (TPSA) is 90.9 Å². The van der Waals surface area contributed by atoms with Crippen LogP contribution in [-0.2, 0) is 14.3 Å². The molecule has 150 valence electrons. The van der Waals surface area contributed by atoms with Crippen LogP contribution in [0, 0.1) is 5.92 Å². The Morgan fingerprint density at radius 2 is 2.15 bits per heavy atom. The van der Waals surface area contributed by atoms with Gasteiger partial charge in [0.2, 0.25) is 5.91 Å². The molecule has 0 aromatic heterocycles. The Hall–Kier alpha value is -1.54. The van der Waals surface area contributed by atoms with E-state index in [1.54, 1.807) is 19.2 Å². The highest BCUT2D eigenvalue weighted by Crippen LogP contribution is 2.42. The number of phenols is 1. The third kappa shape index (κ3) is 5.48. The number of aromatic hydroxyl groups is 1. The maximum atomic E-state index is 10.6. The molecule has 1 aromatic carbocycles. The molecule has 1 aromatic rings. The number of likely N-dealkylation sites (tertiary alicyclic amines) is 1. The number of hydrogen-bond acceptors (Lipinski definition) is 6. The summed E-state index contributed by atoms with van der Waals surface area (Å²) in [5, 5.41) is 16.4. The lowest BCUT2D eigenvalue weighted by molar-refractivity contribution is -0.130. The van der Waals surface area contributed by atoms with E-state index in [2.05, 4.69) is 15.5 Å². The largest absolute Gasteiger partial charge is 0.508 e. The standard InChI is InChI=1S/C13H15Cl2NO3.C5H10N2O/c1-16-5-8(4-9(16)6-19-7-17)12-11(18)3-2-10(14)13(12)15;1-6-5(8)4-2-7-3-4/h2-3,7-9,18H,4-6H2,1H3;4,7H,2-3H2,1H3,(H,6,8). The third-order valence-corrected chi connectivity index (χ3v) is 5.78. The number of amides is 1. The lowest BCUT2D eigenvalue weighted by Crippen LogP contribution is -2.49. The normalized spacial score (nSPS) is 22.4. The van der Waals surface area contributed by atoms with Crippen LogP contribution in [-0.4, -0.2) is 68.8 Å². The van der Waals surface area contributed by atoms with E-state index >= 15 is 0 Å². The maximum absolute atomic E-state index is 10.6. The Morgan fingerprint density at radius 1 is 1.44 bits per heavy atom. The van der Waals surface area contributed by atoms with Crippen molar-refractivity contribution in [2.24, 2.45) is 5.92 Å². The summed E-state index contributed by atoms with van der Waals surface area (Å²) in [4.78, 5) is 23.0. The van der Waals surface area contributed by atoms with Gasteiger partial charge in [-0.25, -0.2) is 0 Å². The van der Waals surface area contributed by atoms with Gasteiger partial charge in [-0.3, -0.25) is 14.5 Å². The predicted octanol–water partition coefficient (Wildman–Crippen LogP) is 1.61. The van der Waals surface area contributed by atoms with Gasteiger partial charge in [-0.2, -0.15) is 0 Å². The quantitative estimate of drug-likeness (QED) is 0.630. The molecule has 2 heterocycles. The minimum absolute atomic E-state index is 0.0800. The smallest absolute Gasteiger partial charge is 0.293 e. The van der Waals surface area contributed by atoms with Crippen LogP contribution < -0.4 is 10.6 Å². The Kier molecular flexibility index (Phi) is 8.16. The predicted molar refractivity (Wildman–Crippen MR) is 104 cm³/mol. The molecule has 2 unspecified atom stereocenters. The van der Waals surface area contributed by atoms with E-state index in [-0.39, 0.29) is 29.5 Å². The molecule has 9 heteroatoms. The number of nitrogens with zero attached hydrogens (tertiary/aromatic N) is 1. The van der Waals surface area contributed by atoms with Crippen LogP contribution in [0.5, 0.6) is 5.75 Å². The van der Waals surface area contributed by atoms with Gasteiger partial charge in [0.25, 0.3) is 6.47 Å². The van der Waals surface area contributed by atoms with E-state index in [1.165, 1.54) is 0 Å². The molecule has 2 fully saturated rings. The van der Waals surface area contributed by atoms with Crippen LogP contribution in [0.25, 0.3) is 0 Å². The molecule has 7 nitrogen and oxygen atoms in total. The van der Waals surface area contributed by atoms with Gasteiger partial charge in [0, 0.05) is 44.2 Å². The molecule has 0 spiro atoms. The first-order valence-electron chi connectivity index (χ1n) is 8.73. The van der Waals surface area contributed by atoms with Gasteiger partial charge in [-0.05, 0) is 25.6 Å². The molecular weight excluding hydrogens is 393 g/mol. The van der Waals surface area contributed by atoms with Crippen LogP contribution >= 0.6 is 23.2 Å². The number of carbonyl (C=O) groups excluding carboxylic acids is 2. The Morgan fingerprint density at radius 3 is 2.67 bits per heavy atom. The maximum Gasteiger partial charge on any atom is 0.293 e. The number of nitrogens with one attached hydrogen (secondary N) is 2. The van der Waals surface area contributed by atoms with Gasteiger partial charge in [0.05, 0.1) is 16.0 Å². The van der Waals surface area contributed by atoms with Crippen molar-refractivity contribution in [2.45, 2.75) is 18.4 Å². The molecule has 2 aliphatic rings. The van der Waals surface area contributed by atoms with Crippen LogP contribution in [0.1, 0.15) is 17.9 Å². The number of hydrogen-bond donors (Lipinski definition) is 3. The number of halogens is 2.